The Morgan fingerprint density at radius 3 is 2.29 bits per heavy atom. The van der Waals surface area contributed by atoms with Crippen molar-refractivity contribution in [3.63, 3.8) is 0 Å². The molecule has 0 atom stereocenters. The summed E-state index contributed by atoms with van der Waals surface area (Å²) in [6.45, 7) is 8.01. The van der Waals surface area contributed by atoms with E-state index in [0.29, 0.717) is 13.0 Å². The Morgan fingerprint density at radius 1 is 1.14 bits per heavy atom. The van der Waals surface area contributed by atoms with Crippen LogP contribution in [0.25, 0.3) is 0 Å². The van der Waals surface area contributed by atoms with Crippen LogP contribution in [0.4, 0.5) is 0 Å². The highest BCUT2D eigenvalue weighted by Gasteiger charge is 2.37. The third kappa shape index (κ3) is 6.46. The third-order valence-corrected chi connectivity index (χ3v) is 4.59. The van der Waals surface area contributed by atoms with Gasteiger partial charge in [0.25, 0.3) is 0 Å². The fourth-order valence-corrected chi connectivity index (χ4v) is 3.34. The monoisotopic (exact) mass is 298 g/mol. The van der Waals surface area contributed by atoms with Crippen molar-refractivity contribution in [3.05, 3.63) is 0 Å². The number of carbonyl (C=O) groups is 2. The fourth-order valence-electron chi connectivity index (χ4n) is 3.34. The molecule has 0 spiro atoms. The molecule has 0 aliphatic heterocycles. The van der Waals surface area contributed by atoms with Gasteiger partial charge in [-0.1, -0.05) is 26.7 Å². The molecule has 0 radical (unpaired) electrons. The van der Waals surface area contributed by atoms with E-state index in [1.807, 2.05) is 0 Å². The Balaban J connectivity index is 2.29. The first-order valence-electron chi connectivity index (χ1n) is 8.22. The summed E-state index contributed by atoms with van der Waals surface area (Å²) >= 11 is 0. The smallest absolute Gasteiger partial charge is 0.303 e. The molecule has 5 nitrogen and oxygen atoms in total. The van der Waals surface area contributed by atoms with Gasteiger partial charge in [-0.2, -0.15) is 0 Å². The summed E-state index contributed by atoms with van der Waals surface area (Å²) in [6, 6.07) is 0. The van der Waals surface area contributed by atoms with E-state index in [2.05, 4.69) is 24.1 Å². The quantitative estimate of drug-likeness (QED) is 0.607. The number of nitrogens with zero attached hydrogens (tertiary/aromatic N) is 1. The highest BCUT2D eigenvalue weighted by molar-refractivity contribution is 5.78. The van der Waals surface area contributed by atoms with Gasteiger partial charge in [0.1, 0.15) is 0 Å². The van der Waals surface area contributed by atoms with Gasteiger partial charge in [0, 0.05) is 13.0 Å². The maximum atomic E-state index is 12.1. The normalized spacial score (nSPS) is 17.1. The number of hydrogen-bond acceptors (Lipinski definition) is 3. The summed E-state index contributed by atoms with van der Waals surface area (Å²) in [4.78, 5) is 25.4. The van der Waals surface area contributed by atoms with Gasteiger partial charge in [-0.05, 0) is 44.3 Å². The fraction of sp³-hybridized carbons (Fsp3) is 0.875. The van der Waals surface area contributed by atoms with Crippen molar-refractivity contribution in [1.82, 2.24) is 10.2 Å². The van der Waals surface area contributed by atoms with Crippen LogP contribution < -0.4 is 5.32 Å². The topological polar surface area (TPSA) is 69.6 Å². The molecule has 0 aromatic carbocycles. The number of aliphatic carboxylic acids is 1. The number of amides is 1. The summed E-state index contributed by atoms with van der Waals surface area (Å²) < 4.78 is 0. The predicted molar refractivity (Wildman–Crippen MR) is 83.2 cm³/mol. The molecule has 2 N–H and O–H groups in total. The van der Waals surface area contributed by atoms with Crippen LogP contribution in [-0.4, -0.2) is 48.1 Å². The number of nitrogens with one attached hydrogen (secondary N) is 1. The number of hydrogen-bond donors (Lipinski definition) is 2. The molecule has 1 aliphatic carbocycles. The van der Waals surface area contributed by atoms with Gasteiger partial charge >= 0.3 is 5.97 Å². The zero-order valence-corrected chi connectivity index (χ0v) is 13.5. The highest BCUT2D eigenvalue weighted by atomic mass is 16.4. The number of carbonyl (C=O) groups excluding carboxylic acids is 1. The Labute approximate surface area is 128 Å². The first-order chi connectivity index (χ1) is 10.0. The maximum Gasteiger partial charge on any atom is 0.303 e. The summed E-state index contributed by atoms with van der Waals surface area (Å²) in [5.74, 6) is -0.774. The minimum Gasteiger partial charge on any atom is -0.481 e. The Hall–Kier alpha value is -1.10. The van der Waals surface area contributed by atoms with Crippen LogP contribution in [0.2, 0.25) is 0 Å². The Morgan fingerprint density at radius 2 is 1.76 bits per heavy atom. The average molecular weight is 298 g/mol. The van der Waals surface area contributed by atoms with Gasteiger partial charge in [-0.25, -0.2) is 0 Å². The molecule has 1 fully saturated rings. The van der Waals surface area contributed by atoms with E-state index in [1.165, 1.54) is 0 Å². The standard InChI is InChI=1S/C16H30N2O3/c1-3-18(4-2)11-7-10-17-14(19)12-16(13-15(20)21)8-5-6-9-16/h3-13H2,1-2H3,(H,17,19)(H,20,21). The van der Waals surface area contributed by atoms with Crippen molar-refractivity contribution >= 4 is 11.9 Å². The summed E-state index contributed by atoms with van der Waals surface area (Å²) in [7, 11) is 0. The second kappa shape index (κ2) is 9.03. The molecule has 1 saturated carbocycles. The van der Waals surface area contributed by atoms with Crippen molar-refractivity contribution in [2.45, 2.75) is 58.8 Å². The van der Waals surface area contributed by atoms with E-state index in [9.17, 15) is 9.59 Å². The lowest BCUT2D eigenvalue weighted by Crippen LogP contribution is -2.34. The number of rotatable bonds is 10. The third-order valence-electron chi connectivity index (χ3n) is 4.59. The second-order valence-electron chi connectivity index (χ2n) is 6.18. The molecule has 5 heteroatoms. The molecule has 0 aromatic heterocycles. The molecule has 1 rings (SSSR count). The van der Waals surface area contributed by atoms with E-state index in [1.54, 1.807) is 0 Å². The molecule has 0 bridgehead atoms. The van der Waals surface area contributed by atoms with E-state index in [4.69, 9.17) is 5.11 Å². The molecule has 122 valence electrons. The highest BCUT2D eigenvalue weighted by Crippen LogP contribution is 2.43. The Kier molecular flexibility index (Phi) is 7.72. The minimum absolute atomic E-state index is 0.0118. The minimum atomic E-state index is -0.786. The van der Waals surface area contributed by atoms with Crippen LogP contribution in [0.5, 0.6) is 0 Å². The summed E-state index contributed by atoms with van der Waals surface area (Å²) in [5.41, 5.74) is -0.297. The summed E-state index contributed by atoms with van der Waals surface area (Å²) in [6.07, 6.45) is 5.26. The van der Waals surface area contributed by atoms with Crippen molar-refractivity contribution in [1.29, 1.82) is 0 Å². The first kappa shape index (κ1) is 18.0. The molecule has 0 unspecified atom stereocenters. The van der Waals surface area contributed by atoms with Crippen LogP contribution in [0.15, 0.2) is 0 Å². The lowest BCUT2D eigenvalue weighted by molar-refractivity contribution is -0.140. The molecule has 1 aliphatic rings. The van der Waals surface area contributed by atoms with Crippen molar-refractivity contribution in [2.75, 3.05) is 26.2 Å². The van der Waals surface area contributed by atoms with Gasteiger partial charge in [0.15, 0.2) is 0 Å². The van der Waals surface area contributed by atoms with Crippen molar-refractivity contribution in [2.24, 2.45) is 5.41 Å². The molecule has 0 heterocycles. The summed E-state index contributed by atoms with van der Waals surface area (Å²) in [5, 5.41) is 12.0. The van der Waals surface area contributed by atoms with Crippen LogP contribution >= 0.6 is 0 Å². The largest absolute Gasteiger partial charge is 0.481 e. The molecule has 21 heavy (non-hydrogen) atoms. The van der Waals surface area contributed by atoms with Gasteiger partial charge in [-0.3, -0.25) is 9.59 Å². The van der Waals surface area contributed by atoms with Crippen LogP contribution in [0, 0.1) is 5.41 Å². The van der Waals surface area contributed by atoms with Crippen molar-refractivity contribution in [3.8, 4) is 0 Å². The molecular formula is C16H30N2O3. The average Bonchev–Trinajstić information content (AvgIpc) is 2.86. The van der Waals surface area contributed by atoms with E-state index in [0.717, 1.165) is 51.7 Å². The molecule has 1 amide bonds. The van der Waals surface area contributed by atoms with Gasteiger partial charge < -0.3 is 15.3 Å². The zero-order chi connectivity index (χ0) is 15.7. The lowest BCUT2D eigenvalue weighted by Gasteiger charge is -2.26. The number of carboxylic acids is 1. The van der Waals surface area contributed by atoms with E-state index < -0.39 is 5.97 Å². The van der Waals surface area contributed by atoms with Crippen molar-refractivity contribution < 1.29 is 14.7 Å². The maximum absolute atomic E-state index is 12.1. The Bertz CT molecular complexity index is 334. The molecular weight excluding hydrogens is 268 g/mol. The SMILES string of the molecule is CCN(CC)CCCNC(=O)CC1(CC(=O)O)CCCC1. The lowest BCUT2D eigenvalue weighted by atomic mass is 9.79. The van der Waals surface area contributed by atoms with Gasteiger partial charge in [0.05, 0.1) is 6.42 Å². The zero-order valence-electron chi connectivity index (χ0n) is 13.5. The predicted octanol–water partition coefficient (Wildman–Crippen LogP) is 2.26. The molecule has 0 aromatic rings. The van der Waals surface area contributed by atoms with E-state index >= 15 is 0 Å². The van der Waals surface area contributed by atoms with Crippen LogP contribution in [0.3, 0.4) is 0 Å². The molecule has 0 saturated heterocycles. The van der Waals surface area contributed by atoms with Crippen LogP contribution in [0.1, 0.15) is 58.8 Å². The van der Waals surface area contributed by atoms with E-state index in [-0.39, 0.29) is 17.7 Å². The van der Waals surface area contributed by atoms with Gasteiger partial charge in [0.2, 0.25) is 5.91 Å². The first-order valence-corrected chi connectivity index (χ1v) is 8.22. The number of carboxylic acid groups (broad SMARTS) is 1. The second-order valence-corrected chi connectivity index (χ2v) is 6.18. The van der Waals surface area contributed by atoms with Crippen LogP contribution in [-0.2, 0) is 9.59 Å². The van der Waals surface area contributed by atoms with Gasteiger partial charge in [-0.15, -0.1) is 0 Å².